The van der Waals surface area contributed by atoms with Gasteiger partial charge in [0.2, 0.25) is 5.91 Å². The van der Waals surface area contributed by atoms with Crippen LogP contribution in [0.5, 0.6) is 0 Å². The molecule has 0 spiro atoms. The van der Waals surface area contributed by atoms with Gasteiger partial charge in [-0.05, 0) is 19.1 Å². The SMILES string of the molecule is Cc1c(NC(=O)CN2CCN(c3cnccn3)CC2)c(=O)n(-c2ccccc2)n1C. The highest BCUT2D eigenvalue weighted by Gasteiger charge is 2.22. The van der Waals surface area contributed by atoms with E-state index in [2.05, 4.69) is 25.1 Å². The van der Waals surface area contributed by atoms with Crippen LogP contribution in [0.4, 0.5) is 11.5 Å². The zero-order chi connectivity index (χ0) is 21.1. The molecule has 3 aromatic rings. The number of piperazine rings is 1. The van der Waals surface area contributed by atoms with Gasteiger partial charge in [0, 0.05) is 45.6 Å². The normalized spacial score (nSPS) is 14.7. The molecular weight excluding hydrogens is 382 g/mol. The number of rotatable bonds is 5. The Morgan fingerprint density at radius 2 is 1.83 bits per heavy atom. The van der Waals surface area contributed by atoms with Crippen LogP contribution in [0, 0.1) is 6.92 Å². The van der Waals surface area contributed by atoms with Crippen LogP contribution in [0.3, 0.4) is 0 Å². The first kappa shape index (κ1) is 19.8. The van der Waals surface area contributed by atoms with Crippen molar-refractivity contribution in [3.05, 3.63) is 65.0 Å². The van der Waals surface area contributed by atoms with Gasteiger partial charge in [-0.2, -0.15) is 0 Å². The molecule has 9 heteroatoms. The molecule has 1 N–H and O–H groups in total. The number of nitrogens with zero attached hydrogens (tertiary/aromatic N) is 6. The first-order chi connectivity index (χ1) is 14.5. The Labute approximate surface area is 174 Å². The monoisotopic (exact) mass is 407 g/mol. The molecule has 1 aliphatic heterocycles. The molecule has 0 unspecified atom stereocenters. The summed E-state index contributed by atoms with van der Waals surface area (Å²) in [5.74, 6) is 0.664. The van der Waals surface area contributed by atoms with Crippen LogP contribution < -0.4 is 15.8 Å². The van der Waals surface area contributed by atoms with Gasteiger partial charge in [0.05, 0.1) is 24.1 Å². The summed E-state index contributed by atoms with van der Waals surface area (Å²) in [5.41, 5.74) is 1.56. The Balaban J connectivity index is 1.40. The fourth-order valence-corrected chi connectivity index (χ4v) is 3.68. The predicted molar refractivity (Wildman–Crippen MR) is 115 cm³/mol. The summed E-state index contributed by atoms with van der Waals surface area (Å²) in [5, 5.41) is 2.83. The van der Waals surface area contributed by atoms with Crippen LogP contribution >= 0.6 is 0 Å². The average molecular weight is 407 g/mol. The first-order valence-corrected chi connectivity index (χ1v) is 9.92. The zero-order valence-corrected chi connectivity index (χ0v) is 17.2. The van der Waals surface area contributed by atoms with Crippen LogP contribution in [-0.2, 0) is 11.8 Å². The number of amides is 1. The molecule has 1 aliphatic rings. The molecule has 0 radical (unpaired) electrons. The minimum absolute atomic E-state index is 0.186. The van der Waals surface area contributed by atoms with Crippen LogP contribution in [0.2, 0.25) is 0 Å². The molecule has 0 aliphatic carbocycles. The van der Waals surface area contributed by atoms with Crippen LogP contribution in [-0.4, -0.2) is 62.9 Å². The van der Waals surface area contributed by atoms with Gasteiger partial charge in [0.25, 0.3) is 5.56 Å². The number of carbonyl (C=O) groups is 1. The van der Waals surface area contributed by atoms with E-state index in [1.54, 1.807) is 28.0 Å². The Morgan fingerprint density at radius 1 is 1.10 bits per heavy atom. The second-order valence-corrected chi connectivity index (χ2v) is 7.31. The Morgan fingerprint density at radius 3 is 2.50 bits per heavy atom. The molecule has 1 fully saturated rings. The third-order valence-electron chi connectivity index (χ3n) is 5.43. The van der Waals surface area contributed by atoms with Crippen molar-refractivity contribution >= 4 is 17.4 Å². The summed E-state index contributed by atoms with van der Waals surface area (Å²) >= 11 is 0. The summed E-state index contributed by atoms with van der Waals surface area (Å²) in [6, 6.07) is 9.38. The molecule has 9 nitrogen and oxygen atoms in total. The topological polar surface area (TPSA) is 88.3 Å². The van der Waals surface area contributed by atoms with E-state index in [-0.39, 0.29) is 18.0 Å². The lowest BCUT2D eigenvalue weighted by molar-refractivity contribution is -0.117. The number of carbonyl (C=O) groups excluding carboxylic acids is 1. The van der Waals surface area contributed by atoms with Gasteiger partial charge in [-0.3, -0.25) is 24.2 Å². The molecule has 0 saturated carbocycles. The van der Waals surface area contributed by atoms with Crippen molar-refractivity contribution in [1.82, 2.24) is 24.2 Å². The molecule has 30 heavy (non-hydrogen) atoms. The van der Waals surface area contributed by atoms with Crippen molar-refractivity contribution in [3.8, 4) is 5.69 Å². The zero-order valence-electron chi connectivity index (χ0n) is 17.2. The number of hydrogen-bond donors (Lipinski definition) is 1. The quantitative estimate of drug-likeness (QED) is 0.680. The van der Waals surface area contributed by atoms with Gasteiger partial charge in [-0.15, -0.1) is 0 Å². The van der Waals surface area contributed by atoms with E-state index in [1.165, 1.54) is 0 Å². The molecule has 3 heterocycles. The molecule has 2 aromatic heterocycles. The van der Waals surface area contributed by atoms with Crippen molar-refractivity contribution in [2.45, 2.75) is 6.92 Å². The molecule has 1 aromatic carbocycles. The summed E-state index contributed by atoms with van der Waals surface area (Å²) in [6.45, 7) is 5.11. The Hall–Kier alpha value is -3.46. The molecule has 156 valence electrons. The molecule has 1 saturated heterocycles. The van der Waals surface area contributed by atoms with Crippen LogP contribution in [0.25, 0.3) is 5.69 Å². The second-order valence-electron chi connectivity index (χ2n) is 7.31. The van der Waals surface area contributed by atoms with E-state index < -0.39 is 0 Å². The van der Waals surface area contributed by atoms with E-state index in [1.807, 2.05) is 44.3 Å². The second kappa shape index (κ2) is 8.50. The molecule has 1 amide bonds. The lowest BCUT2D eigenvalue weighted by Gasteiger charge is -2.34. The van der Waals surface area contributed by atoms with E-state index in [0.717, 1.165) is 37.7 Å². The summed E-state index contributed by atoms with van der Waals surface area (Å²) in [6.07, 6.45) is 5.08. The Bertz CT molecular complexity index is 1070. The highest BCUT2D eigenvalue weighted by molar-refractivity contribution is 5.92. The first-order valence-electron chi connectivity index (χ1n) is 9.92. The van der Waals surface area contributed by atoms with Gasteiger partial charge in [-0.1, -0.05) is 18.2 Å². The number of benzene rings is 1. The number of anilines is 2. The molecular formula is C21H25N7O2. The summed E-state index contributed by atoms with van der Waals surface area (Å²) in [4.78, 5) is 38.2. The molecule has 0 atom stereocenters. The van der Waals surface area contributed by atoms with Crippen LogP contribution in [0.15, 0.2) is 53.7 Å². The predicted octanol–water partition coefficient (Wildman–Crippen LogP) is 1.04. The molecule has 4 rings (SSSR count). The fourth-order valence-electron chi connectivity index (χ4n) is 3.68. The van der Waals surface area contributed by atoms with E-state index in [4.69, 9.17) is 0 Å². The fraction of sp³-hybridized carbons (Fsp3) is 0.333. The van der Waals surface area contributed by atoms with Crippen molar-refractivity contribution in [2.24, 2.45) is 7.05 Å². The molecule has 0 bridgehead atoms. The van der Waals surface area contributed by atoms with E-state index in [9.17, 15) is 9.59 Å². The van der Waals surface area contributed by atoms with Gasteiger partial charge >= 0.3 is 0 Å². The van der Waals surface area contributed by atoms with Gasteiger partial charge in [-0.25, -0.2) is 9.67 Å². The van der Waals surface area contributed by atoms with Crippen molar-refractivity contribution in [1.29, 1.82) is 0 Å². The highest BCUT2D eigenvalue weighted by Crippen LogP contribution is 2.15. The maximum atomic E-state index is 12.9. The third kappa shape index (κ3) is 3.97. The number of aromatic nitrogens is 4. The lowest BCUT2D eigenvalue weighted by atomic mass is 10.3. The van der Waals surface area contributed by atoms with Gasteiger partial charge in [0.15, 0.2) is 0 Å². The number of hydrogen-bond acceptors (Lipinski definition) is 6. The highest BCUT2D eigenvalue weighted by atomic mass is 16.2. The maximum Gasteiger partial charge on any atom is 0.295 e. The average Bonchev–Trinajstić information content (AvgIpc) is 2.98. The number of para-hydroxylation sites is 1. The van der Waals surface area contributed by atoms with Gasteiger partial charge < -0.3 is 10.2 Å². The minimum Gasteiger partial charge on any atom is -0.353 e. The van der Waals surface area contributed by atoms with E-state index in [0.29, 0.717) is 11.4 Å². The van der Waals surface area contributed by atoms with E-state index >= 15 is 0 Å². The maximum absolute atomic E-state index is 12.9. The standard InChI is InChI=1S/C21H25N7O2/c1-16-20(21(30)28(25(16)2)17-6-4-3-5-7-17)24-19(29)15-26-10-12-27(13-11-26)18-14-22-8-9-23-18/h3-9,14H,10-13,15H2,1-2H3,(H,24,29). The van der Waals surface area contributed by atoms with Gasteiger partial charge in [0.1, 0.15) is 11.5 Å². The minimum atomic E-state index is -0.234. The Kier molecular flexibility index (Phi) is 5.62. The van der Waals surface area contributed by atoms with Crippen molar-refractivity contribution in [2.75, 3.05) is 42.9 Å². The summed E-state index contributed by atoms with van der Waals surface area (Å²) < 4.78 is 3.32. The largest absolute Gasteiger partial charge is 0.353 e. The third-order valence-corrected chi connectivity index (χ3v) is 5.43. The van der Waals surface area contributed by atoms with Crippen molar-refractivity contribution < 1.29 is 4.79 Å². The smallest absolute Gasteiger partial charge is 0.295 e. The van der Waals surface area contributed by atoms with Crippen LogP contribution in [0.1, 0.15) is 5.69 Å². The lowest BCUT2D eigenvalue weighted by Crippen LogP contribution is -2.49. The van der Waals surface area contributed by atoms with Crippen molar-refractivity contribution in [3.63, 3.8) is 0 Å². The number of nitrogens with one attached hydrogen (secondary N) is 1. The summed E-state index contributed by atoms with van der Waals surface area (Å²) in [7, 11) is 1.81.